The molecule has 1 aromatic carbocycles. The predicted octanol–water partition coefficient (Wildman–Crippen LogP) is 2.80. The number of nitrogens with one attached hydrogen (secondary N) is 1. The standard InChI is InChI=1S/C13H16BrNO2/c1-8-6-12(13(16)17-8)15-9(2)10-4-3-5-11(14)7-10/h3-5,7-9,12,15H,6H2,1-2H3. The summed E-state index contributed by atoms with van der Waals surface area (Å²) in [7, 11) is 0. The van der Waals surface area contributed by atoms with Crippen molar-refractivity contribution < 1.29 is 9.53 Å². The summed E-state index contributed by atoms with van der Waals surface area (Å²) >= 11 is 3.45. The summed E-state index contributed by atoms with van der Waals surface area (Å²) in [5, 5.41) is 3.31. The number of cyclic esters (lactones) is 1. The van der Waals surface area contributed by atoms with E-state index in [2.05, 4.69) is 34.2 Å². The number of carbonyl (C=O) groups excluding carboxylic acids is 1. The maximum absolute atomic E-state index is 11.5. The van der Waals surface area contributed by atoms with Gasteiger partial charge in [0.2, 0.25) is 0 Å². The Labute approximate surface area is 110 Å². The molecule has 17 heavy (non-hydrogen) atoms. The number of hydrogen-bond donors (Lipinski definition) is 1. The minimum atomic E-state index is -0.181. The van der Waals surface area contributed by atoms with Crippen molar-refractivity contribution in [3.63, 3.8) is 0 Å². The maximum Gasteiger partial charge on any atom is 0.323 e. The van der Waals surface area contributed by atoms with Crippen LogP contribution in [-0.4, -0.2) is 18.1 Å². The molecule has 1 aromatic rings. The Morgan fingerprint density at radius 2 is 2.29 bits per heavy atom. The zero-order valence-corrected chi connectivity index (χ0v) is 11.5. The molecule has 0 spiro atoms. The third-order valence-electron chi connectivity index (χ3n) is 2.97. The van der Waals surface area contributed by atoms with Crippen molar-refractivity contribution in [2.45, 2.75) is 38.5 Å². The second-order valence-electron chi connectivity index (χ2n) is 4.48. The van der Waals surface area contributed by atoms with Gasteiger partial charge in [-0.05, 0) is 31.5 Å². The Balaban J connectivity index is 2.02. The van der Waals surface area contributed by atoms with Crippen LogP contribution >= 0.6 is 15.9 Å². The number of carbonyl (C=O) groups is 1. The summed E-state index contributed by atoms with van der Waals surface area (Å²) in [6.45, 7) is 3.97. The van der Waals surface area contributed by atoms with Crippen LogP contribution in [0.2, 0.25) is 0 Å². The molecule has 0 radical (unpaired) electrons. The molecule has 0 aliphatic carbocycles. The predicted molar refractivity (Wildman–Crippen MR) is 69.7 cm³/mol. The summed E-state index contributed by atoms with van der Waals surface area (Å²) in [5.74, 6) is -0.139. The lowest BCUT2D eigenvalue weighted by Crippen LogP contribution is -2.35. The molecular weight excluding hydrogens is 282 g/mol. The van der Waals surface area contributed by atoms with E-state index < -0.39 is 0 Å². The molecule has 0 saturated carbocycles. The lowest BCUT2D eigenvalue weighted by molar-refractivity contribution is -0.142. The molecule has 0 bridgehead atoms. The summed E-state index contributed by atoms with van der Waals surface area (Å²) in [6, 6.07) is 8.04. The topological polar surface area (TPSA) is 38.3 Å². The fourth-order valence-corrected chi connectivity index (χ4v) is 2.48. The second kappa shape index (κ2) is 5.19. The van der Waals surface area contributed by atoms with Gasteiger partial charge in [0.15, 0.2) is 0 Å². The third kappa shape index (κ3) is 3.07. The van der Waals surface area contributed by atoms with E-state index in [1.807, 2.05) is 25.1 Å². The van der Waals surface area contributed by atoms with Crippen LogP contribution in [0.4, 0.5) is 0 Å². The Morgan fingerprint density at radius 1 is 1.53 bits per heavy atom. The normalized spacial score (nSPS) is 25.7. The third-order valence-corrected chi connectivity index (χ3v) is 3.46. The summed E-state index contributed by atoms with van der Waals surface area (Å²) in [4.78, 5) is 11.5. The van der Waals surface area contributed by atoms with E-state index in [-0.39, 0.29) is 24.2 Å². The minimum absolute atomic E-state index is 0.0229. The highest BCUT2D eigenvalue weighted by Crippen LogP contribution is 2.21. The van der Waals surface area contributed by atoms with Crippen molar-refractivity contribution in [1.29, 1.82) is 0 Å². The molecule has 2 rings (SSSR count). The van der Waals surface area contributed by atoms with E-state index in [1.54, 1.807) is 0 Å². The monoisotopic (exact) mass is 297 g/mol. The molecule has 3 nitrogen and oxygen atoms in total. The first-order valence-corrected chi connectivity index (χ1v) is 6.57. The van der Waals surface area contributed by atoms with E-state index >= 15 is 0 Å². The molecule has 92 valence electrons. The first-order valence-electron chi connectivity index (χ1n) is 5.78. The van der Waals surface area contributed by atoms with Crippen LogP contribution in [0.25, 0.3) is 0 Å². The molecule has 1 N–H and O–H groups in total. The van der Waals surface area contributed by atoms with Gasteiger partial charge in [0, 0.05) is 16.9 Å². The van der Waals surface area contributed by atoms with Crippen molar-refractivity contribution in [1.82, 2.24) is 5.32 Å². The largest absolute Gasteiger partial charge is 0.461 e. The summed E-state index contributed by atoms with van der Waals surface area (Å²) < 4.78 is 6.17. The van der Waals surface area contributed by atoms with Gasteiger partial charge in [0.25, 0.3) is 0 Å². The van der Waals surface area contributed by atoms with Gasteiger partial charge in [-0.15, -0.1) is 0 Å². The molecule has 3 atom stereocenters. The lowest BCUT2D eigenvalue weighted by atomic mass is 10.1. The van der Waals surface area contributed by atoms with Gasteiger partial charge >= 0.3 is 5.97 Å². The lowest BCUT2D eigenvalue weighted by Gasteiger charge is -2.17. The van der Waals surface area contributed by atoms with E-state index in [9.17, 15) is 4.79 Å². The highest BCUT2D eigenvalue weighted by atomic mass is 79.9. The number of esters is 1. The maximum atomic E-state index is 11.5. The van der Waals surface area contributed by atoms with Gasteiger partial charge in [-0.1, -0.05) is 28.1 Å². The highest BCUT2D eigenvalue weighted by molar-refractivity contribution is 9.10. The molecule has 1 aliphatic rings. The first-order chi connectivity index (χ1) is 8.06. The molecule has 0 amide bonds. The molecule has 4 heteroatoms. The summed E-state index contributed by atoms with van der Waals surface area (Å²) in [6.07, 6.45) is 0.770. The van der Waals surface area contributed by atoms with Crippen LogP contribution in [0.1, 0.15) is 31.9 Å². The van der Waals surface area contributed by atoms with Crippen molar-refractivity contribution in [3.05, 3.63) is 34.3 Å². The molecule has 3 unspecified atom stereocenters. The fraction of sp³-hybridized carbons (Fsp3) is 0.462. The Kier molecular flexibility index (Phi) is 3.84. The van der Waals surface area contributed by atoms with Gasteiger partial charge in [-0.3, -0.25) is 10.1 Å². The quantitative estimate of drug-likeness (QED) is 0.872. The van der Waals surface area contributed by atoms with Crippen molar-refractivity contribution in [2.75, 3.05) is 0 Å². The number of benzene rings is 1. The van der Waals surface area contributed by atoms with E-state index in [4.69, 9.17) is 4.74 Å². The van der Waals surface area contributed by atoms with Gasteiger partial charge < -0.3 is 4.74 Å². The van der Waals surface area contributed by atoms with Gasteiger partial charge in [0.05, 0.1) is 0 Å². The minimum Gasteiger partial charge on any atom is -0.461 e. The van der Waals surface area contributed by atoms with E-state index in [0.29, 0.717) is 0 Å². The zero-order valence-electron chi connectivity index (χ0n) is 9.94. The van der Waals surface area contributed by atoms with Crippen molar-refractivity contribution in [2.24, 2.45) is 0 Å². The van der Waals surface area contributed by atoms with Crippen LogP contribution in [0.5, 0.6) is 0 Å². The summed E-state index contributed by atoms with van der Waals surface area (Å²) in [5.41, 5.74) is 1.16. The van der Waals surface area contributed by atoms with E-state index in [1.165, 1.54) is 0 Å². The van der Waals surface area contributed by atoms with Gasteiger partial charge in [0.1, 0.15) is 12.1 Å². The van der Waals surface area contributed by atoms with Crippen LogP contribution in [-0.2, 0) is 9.53 Å². The molecule has 1 aliphatic heterocycles. The Morgan fingerprint density at radius 3 is 2.88 bits per heavy atom. The molecule has 1 heterocycles. The molecular formula is C13H16BrNO2. The van der Waals surface area contributed by atoms with Crippen molar-refractivity contribution in [3.8, 4) is 0 Å². The second-order valence-corrected chi connectivity index (χ2v) is 5.39. The number of rotatable bonds is 3. The molecule has 0 aromatic heterocycles. The molecule has 1 fully saturated rings. The van der Waals surface area contributed by atoms with Gasteiger partial charge in [-0.25, -0.2) is 0 Å². The number of hydrogen-bond acceptors (Lipinski definition) is 3. The van der Waals surface area contributed by atoms with E-state index in [0.717, 1.165) is 16.5 Å². The average Bonchev–Trinajstić information content (AvgIpc) is 2.57. The Hall–Kier alpha value is -0.870. The van der Waals surface area contributed by atoms with Crippen molar-refractivity contribution >= 4 is 21.9 Å². The molecule has 1 saturated heterocycles. The Bertz CT molecular complexity index is 422. The van der Waals surface area contributed by atoms with Crippen LogP contribution in [0.15, 0.2) is 28.7 Å². The van der Waals surface area contributed by atoms with Crippen LogP contribution in [0.3, 0.4) is 0 Å². The fourth-order valence-electron chi connectivity index (χ4n) is 2.07. The van der Waals surface area contributed by atoms with Crippen LogP contribution < -0.4 is 5.32 Å². The zero-order chi connectivity index (χ0) is 12.4. The van der Waals surface area contributed by atoms with Crippen LogP contribution in [0, 0.1) is 0 Å². The number of halogens is 1. The highest BCUT2D eigenvalue weighted by Gasteiger charge is 2.32. The van der Waals surface area contributed by atoms with Gasteiger partial charge in [-0.2, -0.15) is 0 Å². The number of ether oxygens (including phenoxy) is 1. The smallest absolute Gasteiger partial charge is 0.323 e. The first kappa shape index (κ1) is 12.6. The SMILES string of the molecule is CC1CC(NC(C)c2cccc(Br)c2)C(=O)O1. The average molecular weight is 298 g/mol.